The average Bonchev–Trinajstić information content (AvgIpc) is 3.61. The molecule has 0 atom stereocenters. The highest BCUT2D eigenvalue weighted by atomic mass is 16.7. The van der Waals surface area contributed by atoms with E-state index in [9.17, 15) is 0 Å². The third kappa shape index (κ3) is 2.30. The van der Waals surface area contributed by atoms with Crippen LogP contribution in [-0.4, -0.2) is 23.6 Å². The lowest BCUT2D eigenvalue weighted by molar-refractivity contribution is -0.642. The first-order valence-corrected chi connectivity index (χ1v) is 11.1. The minimum Gasteiger partial charge on any atom is -0.454 e. The summed E-state index contributed by atoms with van der Waals surface area (Å²) in [5, 5.41) is 5.47. The first-order chi connectivity index (χ1) is 16.7. The van der Waals surface area contributed by atoms with Crippen molar-refractivity contribution in [2.75, 3.05) is 13.6 Å². The van der Waals surface area contributed by atoms with Crippen LogP contribution in [0.1, 0.15) is 0 Å². The zero-order valence-corrected chi connectivity index (χ0v) is 18.2. The normalized spacial score (nSPS) is 14.1. The topological polar surface area (TPSA) is 69.5 Å². The Morgan fingerprint density at radius 2 is 1.68 bits per heavy atom. The molecule has 4 heterocycles. The van der Waals surface area contributed by atoms with E-state index in [0.29, 0.717) is 0 Å². The predicted molar refractivity (Wildman–Crippen MR) is 127 cm³/mol. The van der Waals surface area contributed by atoms with E-state index in [0.717, 1.165) is 77.6 Å². The molecule has 0 saturated heterocycles. The molecule has 34 heavy (non-hydrogen) atoms. The summed E-state index contributed by atoms with van der Waals surface area (Å²) in [6.07, 6.45) is 3.85. The van der Waals surface area contributed by atoms with E-state index in [1.807, 2.05) is 6.07 Å². The van der Waals surface area contributed by atoms with Crippen molar-refractivity contribution in [2.45, 2.75) is 0 Å². The molecule has 2 aromatic heterocycles. The Balaban J connectivity index is 1.54. The molecular formula is C27H18N3O4+. The largest absolute Gasteiger partial charge is 0.454 e. The number of ether oxygens (including phenoxy) is 4. The fraction of sp³-hybridized carbons (Fsp3) is 0.111. The standard InChI is InChI=1S/C27H18N3O4/c1-30-10-19-25(16-4-2-15-7-22-23(32-12-31-22)9-18(15)26(16)30)17(8-24-27(19)34-13-33-24)14-3-5-20-21(6-14)29-11-28-20/h2-11H,12-13H2,1H3,(H,28,29)/q+1. The second-order valence-electron chi connectivity index (χ2n) is 8.71. The van der Waals surface area contributed by atoms with Gasteiger partial charge in [-0.2, -0.15) is 4.57 Å². The molecule has 0 fully saturated rings. The van der Waals surface area contributed by atoms with Gasteiger partial charge in [0.25, 0.3) is 0 Å². The van der Waals surface area contributed by atoms with Gasteiger partial charge < -0.3 is 23.9 Å². The Morgan fingerprint density at radius 3 is 2.62 bits per heavy atom. The molecule has 8 rings (SSSR count). The van der Waals surface area contributed by atoms with E-state index in [4.69, 9.17) is 18.9 Å². The molecule has 0 radical (unpaired) electrons. The number of rotatable bonds is 1. The van der Waals surface area contributed by atoms with Crippen LogP contribution in [-0.2, 0) is 7.05 Å². The van der Waals surface area contributed by atoms with Crippen molar-refractivity contribution in [3.8, 4) is 34.1 Å². The first kappa shape index (κ1) is 18.0. The predicted octanol–water partition coefficient (Wildman–Crippen LogP) is 4.97. The summed E-state index contributed by atoms with van der Waals surface area (Å²) >= 11 is 0. The molecule has 1 N–H and O–H groups in total. The molecule has 0 aliphatic carbocycles. The number of aromatic amines is 1. The molecule has 0 amide bonds. The van der Waals surface area contributed by atoms with E-state index in [-0.39, 0.29) is 13.6 Å². The number of H-pyrrole nitrogens is 1. The van der Waals surface area contributed by atoms with Gasteiger partial charge in [0.05, 0.1) is 33.5 Å². The van der Waals surface area contributed by atoms with Gasteiger partial charge in [0, 0.05) is 5.39 Å². The number of imidazole rings is 1. The summed E-state index contributed by atoms with van der Waals surface area (Å²) < 4.78 is 25.2. The summed E-state index contributed by atoms with van der Waals surface area (Å²) in [6, 6.07) is 16.8. The van der Waals surface area contributed by atoms with Crippen LogP contribution in [0.4, 0.5) is 0 Å². The van der Waals surface area contributed by atoms with Crippen molar-refractivity contribution in [1.29, 1.82) is 0 Å². The summed E-state index contributed by atoms with van der Waals surface area (Å²) in [5.41, 5.74) is 5.20. The monoisotopic (exact) mass is 448 g/mol. The second kappa shape index (κ2) is 6.29. The van der Waals surface area contributed by atoms with E-state index >= 15 is 0 Å². The number of nitrogens with zero attached hydrogens (tertiary/aromatic N) is 2. The molecular weight excluding hydrogens is 430 g/mol. The number of pyridine rings is 1. The smallest absolute Gasteiger partial charge is 0.231 e. The lowest BCUT2D eigenvalue weighted by atomic mass is 9.93. The van der Waals surface area contributed by atoms with E-state index in [1.54, 1.807) is 6.33 Å². The van der Waals surface area contributed by atoms with Gasteiger partial charge in [0.15, 0.2) is 29.2 Å². The van der Waals surface area contributed by atoms with Gasteiger partial charge in [-0.1, -0.05) is 12.1 Å². The Morgan fingerprint density at radius 1 is 0.824 bits per heavy atom. The van der Waals surface area contributed by atoms with E-state index < -0.39 is 0 Å². The van der Waals surface area contributed by atoms with Gasteiger partial charge in [-0.05, 0) is 52.9 Å². The fourth-order valence-corrected chi connectivity index (χ4v) is 5.35. The second-order valence-corrected chi connectivity index (χ2v) is 8.71. The highest BCUT2D eigenvalue weighted by molar-refractivity contribution is 6.20. The summed E-state index contributed by atoms with van der Waals surface area (Å²) in [6.45, 7) is 0.469. The lowest BCUT2D eigenvalue weighted by Crippen LogP contribution is -2.28. The highest BCUT2D eigenvalue weighted by Crippen LogP contribution is 2.47. The maximum atomic E-state index is 5.92. The molecule has 6 aromatic rings. The van der Waals surface area contributed by atoms with Crippen LogP contribution < -0.4 is 23.5 Å². The fourth-order valence-electron chi connectivity index (χ4n) is 5.35. The van der Waals surface area contributed by atoms with Gasteiger partial charge in [-0.25, -0.2) is 4.98 Å². The number of hydrogen-bond donors (Lipinski definition) is 1. The molecule has 7 heteroatoms. The van der Waals surface area contributed by atoms with Crippen molar-refractivity contribution < 1.29 is 23.5 Å². The van der Waals surface area contributed by atoms with E-state index in [1.165, 1.54) is 0 Å². The number of nitrogens with one attached hydrogen (secondary N) is 1. The van der Waals surface area contributed by atoms with Crippen molar-refractivity contribution in [2.24, 2.45) is 7.05 Å². The van der Waals surface area contributed by atoms with Crippen molar-refractivity contribution in [3.05, 3.63) is 61.1 Å². The molecule has 0 spiro atoms. The number of aromatic nitrogens is 3. The van der Waals surface area contributed by atoms with Gasteiger partial charge in [-0.15, -0.1) is 0 Å². The van der Waals surface area contributed by atoms with Gasteiger partial charge in [0.2, 0.25) is 19.1 Å². The van der Waals surface area contributed by atoms with Gasteiger partial charge in [-0.3, -0.25) is 0 Å². The highest BCUT2D eigenvalue weighted by Gasteiger charge is 2.27. The number of hydrogen-bond acceptors (Lipinski definition) is 5. The van der Waals surface area contributed by atoms with E-state index in [2.05, 4.69) is 70.2 Å². The zero-order valence-electron chi connectivity index (χ0n) is 18.2. The molecule has 2 aliphatic heterocycles. The lowest BCUT2D eigenvalue weighted by Gasteiger charge is -2.13. The molecule has 4 aromatic carbocycles. The maximum Gasteiger partial charge on any atom is 0.231 e. The van der Waals surface area contributed by atoms with Crippen LogP contribution in [0.15, 0.2) is 61.1 Å². The number of aryl methyl sites for hydroxylation is 1. The molecule has 2 aliphatic rings. The Kier molecular flexibility index (Phi) is 3.32. The summed E-state index contributed by atoms with van der Waals surface area (Å²) in [4.78, 5) is 7.64. The average molecular weight is 448 g/mol. The van der Waals surface area contributed by atoms with Crippen LogP contribution in [0.25, 0.3) is 54.6 Å². The molecule has 0 bridgehead atoms. The molecule has 7 nitrogen and oxygen atoms in total. The third-order valence-corrected chi connectivity index (χ3v) is 6.86. The van der Waals surface area contributed by atoms with Crippen LogP contribution in [0.5, 0.6) is 23.0 Å². The Hall–Kier alpha value is -4.52. The van der Waals surface area contributed by atoms with Crippen molar-refractivity contribution >= 4 is 43.5 Å². The number of benzene rings is 4. The molecule has 0 saturated carbocycles. The van der Waals surface area contributed by atoms with Crippen molar-refractivity contribution in [3.63, 3.8) is 0 Å². The minimum absolute atomic E-state index is 0.217. The quantitative estimate of drug-likeness (QED) is 0.284. The van der Waals surface area contributed by atoms with Gasteiger partial charge in [0.1, 0.15) is 7.05 Å². The van der Waals surface area contributed by atoms with Gasteiger partial charge >= 0.3 is 0 Å². The maximum absolute atomic E-state index is 5.92. The first-order valence-electron chi connectivity index (χ1n) is 11.1. The zero-order chi connectivity index (χ0) is 22.4. The van der Waals surface area contributed by atoms with Crippen molar-refractivity contribution in [1.82, 2.24) is 9.97 Å². The van der Waals surface area contributed by atoms with Crippen LogP contribution in [0.2, 0.25) is 0 Å². The number of fused-ring (bicyclic) bond motifs is 9. The van der Waals surface area contributed by atoms with Crippen LogP contribution >= 0.6 is 0 Å². The third-order valence-electron chi connectivity index (χ3n) is 6.86. The molecule has 0 unspecified atom stereocenters. The molecule has 164 valence electrons. The Bertz CT molecular complexity index is 1840. The summed E-state index contributed by atoms with van der Waals surface area (Å²) in [5.74, 6) is 3.10. The minimum atomic E-state index is 0.217. The SMILES string of the molecule is C[n+]1cc2c3c(cc(-c4ccc5[nH]cnc5c4)c2c2ccc4cc5c(cc4c21)OCO5)OCO3. The van der Waals surface area contributed by atoms with Crippen LogP contribution in [0.3, 0.4) is 0 Å². The van der Waals surface area contributed by atoms with Crippen LogP contribution in [0, 0.1) is 0 Å². The summed E-state index contributed by atoms with van der Waals surface area (Å²) in [7, 11) is 2.07. The Labute approximate surface area is 193 Å².